The Morgan fingerprint density at radius 3 is 2.05 bits per heavy atom. The second-order valence-corrected chi connectivity index (χ2v) is 5.19. The van der Waals surface area contributed by atoms with Gasteiger partial charge in [0.15, 0.2) is 0 Å². The molecule has 20 heavy (non-hydrogen) atoms. The molecule has 0 radical (unpaired) electrons. The molecule has 0 unspecified atom stereocenters. The third kappa shape index (κ3) is 15.3. The van der Waals surface area contributed by atoms with E-state index in [9.17, 15) is 4.79 Å². The summed E-state index contributed by atoms with van der Waals surface area (Å²) in [6.45, 7) is 5.86. The Kier molecular flexibility index (Phi) is 15.7. The largest absolute Gasteiger partial charge is 0.450 e. The highest BCUT2D eigenvalue weighted by atomic mass is 16.6. The van der Waals surface area contributed by atoms with E-state index in [2.05, 4.69) is 19.2 Å². The zero-order chi connectivity index (χ0) is 14.9. The predicted molar refractivity (Wildman–Crippen MR) is 82.8 cm³/mol. The molecule has 0 aliphatic rings. The molecular weight excluding hydrogens is 254 g/mol. The Morgan fingerprint density at radius 1 is 0.800 bits per heavy atom. The lowest BCUT2D eigenvalue weighted by Gasteiger charge is -2.07. The number of hydrogen-bond donors (Lipinski definition) is 1. The van der Waals surface area contributed by atoms with Gasteiger partial charge in [-0.25, -0.2) is 4.79 Å². The summed E-state index contributed by atoms with van der Waals surface area (Å²) in [4.78, 5) is 11.3. The zero-order valence-electron chi connectivity index (χ0n) is 13.4. The third-order valence-electron chi connectivity index (χ3n) is 3.19. The van der Waals surface area contributed by atoms with E-state index in [-0.39, 0.29) is 12.8 Å². The molecule has 1 N–H and O–H groups in total. The number of ether oxygens (including phenoxy) is 2. The topological polar surface area (TPSA) is 47.6 Å². The van der Waals surface area contributed by atoms with Gasteiger partial charge in [-0.1, -0.05) is 65.2 Å². The number of carbonyl (C=O) groups excluding carboxylic acids is 1. The monoisotopic (exact) mass is 287 g/mol. The summed E-state index contributed by atoms with van der Waals surface area (Å²) >= 11 is 0. The van der Waals surface area contributed by atoms with Crippen molar-refractivity contribution in [3.8, 4) is 0 Å². The van der Waals surface area contributed by atoms with Gasteiger partial charge in [0.2, 0.25) is 0 Å². The second-order valence-electron chi connectivity index (χ2n) is 5.19. The maximum Gasteiger partial charge on any atom is 0.408 e. The summed E-state index contributed by atoms with van der Waals surface area (Å²) in [5, 5.41) is 2.60. The van der Waals surface area contributed by atoms with Crippen LogP contribution < -0.4 is 5.32 Å². The van der Waals surface area contributed by atoms with Gasteiger partial charge < -0.3 is 9.47 Å². The fourth-order valence-corrected chi connectivity index (χ4v) is 1.91. The number of unbranched alkanes of at least 4 members (excludes halogenated alkanes) is 8. The fraction of sp³-hybridized carbons (Fsp3) is 0.938. The van der Waals surface area contributed by atoms with Gasteiger partial charge in [-0.2, -0.15) is 0 Å². The number of alkyl carbamates (subject to hydrolysis) is 1. The molecule has 0 atom stereocenters. The molecule has 0 heterocycles. The smallest absolute Gasteiger partial charge is 0.408 e. The molecular formula is C16H33NO3. The van der Waals surface area contributed by atoms with Crippen LogP contribution in [0.1, 0.15) is 78.1 Å². The van der Waals surface area contributed by atoms with Gasteiger partial charge in [0, 0.05) is 6.61 Å². The van der Waals surface area contributed by atoms with Crippen molar-refractivity contribution in [2.75, 3.05) is 19.9 Å². The highest BCUT2D eigenvalue weighted by molar-refractivity contribution is 5.66. The molecule has 0 aromatic heterocycles. The Morgan fingerprint density at radius 2 is 1.35 bits per heavy atom. The molecule has 0 rings (SSSR count). The Bertz CT molecular complexity index is 190. The standard InChI is InChI=1S/C16H33NO3/c1-3-5-7-9-10-12-14-20-16(18)17-15-19-13-11-8-6-4-2/h3-15H2,1-2H3,(H,17,18). The van der Waals surface area contributed by atoms with Crippen LogP contribution in [-0.4, -0.2) is 26.0 Å². The van der Waals surface area contributed by atoms with Gasteiger partial charge in [0.25, 0.3) is 0 Å². The molecule has 0 saturated carbocycles. The third-order valence-corrected chi connectivity index (χ3v) is 3.19. The van der Waals surface area contributed by atoms with Gasteiger partial charge in [0.1, 0.15) is 6.73 Å². The van der Waals surface area contributed by atoms with Crippen molar-refractivity contribution >= 4 is 6.09 Å². The van der Waals surface area contributed by atoms with Crippen molar-refractivity contribution in [1.82, 2.24) is 5.32 Å². The molecule has 0 aliphatic carbocycles. The van der Waals surface area contributed by atoms with Crippen LogP contribution in [0, 0.1) is 0 Å². The second kappa shape index (κ2) is 16.3. The number of nitrogens with one attached hydrogen (secondary N) is 1. The average Bonchev–Trinajstić information content (AvgIpc) is 2.45. The van der Waals surface area contributed by atoms with Crippen molar-refractivity contribution in [3.05, 3.63) is 0 Å². The van der Waals surface area contributed by atoms with Crippen LogP contribution >= 0.6 is 0 Å². The number of amides is 1. The summed E-state index contributed by atoms with van der Waals surface area (Å²) in [5.74, 6) is 0. The van der Waals surface area contributed by atoms with Gasteiger partial charge >= 0.3 is 6.09 Å². The van der Waals surface area contributed by atoms with Gasteiger partial charge in [-0.3, -0.25) is 5.32 Å². The fourth-order valence-electron chi connectivity index (χ4n) is 1.91. The van der Waals surface area contributed by atoms with Crippen molar-refractivity contribution < 1.29 is 14.3 Å². The summed E-state index contributed by atoms with van der Waals surface area (Å²) in [6, 6.07) is 0. The number of carbonyl (C=O) groups is 1. The lowest BCUT2D eigenvalue weighted by Crippen LogP contribution is -2.27. The van der Waals surface area contributed by atoms with Crippen LogP contribution in [0.25, 0.3) is 0 Å². The molecule has 120 valence electrons. The molecule has 0 aromatic rings. The predicted octanol–water partition coefficient (Wildman–Crippen LogP) is 4.63. The van der Waals surface area contributed by atoms with E-state index < -0.39 is 0 Å². The summed E-state index contributed by atoms with van der Waals surface area (Å²) < 4.78 is 10.4. The number of hydrogen-bond acceptors (Lipinski definition) is 3. The van der Waals surface area contributed by atoms with Crippen LogP contribution in [0.15, 0.2) is 0 Å². The molecule has 0 spiro atoms. The average molecular weight is 287 g/mol. The summed E-state index contributed by atoms with van der Waals surface area (Å²) in [5.41, 5.74) is 0. The first-order chi connectivity index (χ1) is 9.81. The lowest BCUT2D eigenvalue weighted by molar-refractivity contribution is 0.0927. The molecule has 0 aliphatic heterocycles. The first kappa shape index (κ1) is 19.2. The van der Waals surface area contributed by atoms with Gasteiger partial charge in [0.05, 0.1) is 6.61 Å². The SMILES string of the molecule is CCCCCCCCOC(=O)NCOCCCCCC. The van der Waals surface area contributed by atoms with Crippen LogP contribution in [0.3, 0.4) is 0 Å². The van der Waals surface area contributed by atoms with Crippen LogP contribution in [-0.2, 0) is 9.47 Å². The molecule has 0 fully saturated rings. The van der Waals surface area contributed by atoms with E-state index in [1.807, 2.05) is 0 Å². The van der Waals surface area contributed by atoms with Gasteiger partial charge in [-0.05, 0) is 12.8 Å². The van der Waals surface area contributed by atoms with E-state index in [0.29, 0.717) is 13.2 Å². The molecule has 1 amide bonds. The zero-order valence-corrected chi connectivity index (χ0v) is 13.4. The Labute approximate surface area is 124 Å². The normalized spacial score (nSPS) is 10.5. The van der Waals surface area contributed by atoms with Crippen LogP contribution in [0.4, 0.5) is 4.79 Å². The van der Waals surface area contributed by atoms with Crippen LogP contribution in [0.2, 0.25) is 0 Å². The Hall–Kier alpha value is -0.770. The molecule has 0 saturated heterocycles. The van der Waals surface area contributed by atoms with Crippen molar-refractivity contribution in [3.63, 3.8) is 0 Å². The first-order valence-corrected chi connectivity index (χ1v) is 8.29. The minimum atomic E-state index is -0.368. The van der Waals surface area contributed by atoms with E-state index in [4.69, 9.17) is 9.47 Å². The summed E-state index contributed by atoms with van der Waals surface area (Å²) in [7, 11) is 0. The van der Waals surface area contributed by atoms with Crippen LogP contribution in [0.5, 0.6) is 0 Å². The molecule has 4 nitrogen and oxygen atoms in total. The van der Waals surface area contributed by atoms with Gasteiger partial charge in [-0.15, -0.1) is 0 Å². The maximum absolute atomic E-state index is 11.3. The molecule has 0 bridgehead atoms. The van der Waals surface area contributed by atoms with Crippen molar-refractivity contribution in [1.29, 1.82) is 0 Å². The minimum Gasteiger partial charge on any atom is -0.450 e. The van der Waals surface area contributed by atoms with E-state index in [1.54, 1.807) is 0 Å². The van der Waals surface area contributed by atoms with E-state index in [1.165, 1.54) is 44.9 Å². The minimum absolute atomic E-state index is 0.251. The lowest BCUT2D eigenvalue weighted by atomic mass is 10.1. The van der Waals surface area contributed by atoms with E-state index >= 15 is 0 Å². The molecule has 0 aromatic carbocycles. The quantitative estimate of drug-likeness (QED) is 0.374. The highest BCUT2D eigenvalue weighted by Crippen LogP contribution is 2.04. The Balaban J connectivity index is 3.13. The maximum atomic E-state index is 11.3. The van der Waals surface area contributed by atoms with Crippen molar-refractivity contribution in [2.45, 2.75) is 78.1 Å². The highest BCUT2D eigenvalue weighted by Gasteiger charge is 2.00. The number of rotatable bonds is 14. The summed E-state index contributed by atoms with van der Waals surface area (Å²) in [6.07, 6.45) is 11.5. The van der Waals surface area contributed by atoms with E-state index in [0.717, 1.165) is 19.3 Å². The molecule has 4 heteroatoms. The van der Waals surface area contributed by atoms with Crippen molar-refractivity contribution in [2.24, 2.45) is 0 Å². The first-order valence-electron chi connectivity index (χ1n) is 8.29.